The van der Waals surface area contributed by atoms with Gasteiger partial charge >= 0.3 is 0 Å². The second-order valence-corrected chi connectivity index (χ2v) is 4.50. The van der Waals surface area contributed by atoms with Gasteiger partial charge < -0.3 is 0 Å². The first-order valence-corrected chi connectivity index (χ1v) is 6.55. The van der Waals surface area contributed by atoms with Gasteiger partial charge in [-0.25, -0.2) is 0 Å². The van der Waals surface area contributed by atoms with Crippen molar-refractivity contribution < 1.29 is 4.79 Å². The van der Waals surface area contributed by atoms with Crippen LogP contribution in [0.2, 0.25) is 0 Å². The monoisotopic (exact) mass is 227 g/mol. The molecule has 0 amide bonds. The topological polar surface area (TPSA) is 46.5 Å². The highest BCUT2D eigenvalue weighted by Crippen LogP contribution is 2.12. The quantitative estimate of drug-likeness (QED) is 0.391. The summed E-state index contributed by atoms with van der Waals surface area (Å²) in [6.45, 7) is 3.66. The van der Waals surface area contributed by atoms with E-state index in [0.29, 0.717) is 6.42 Å². The molecule has 0 aromatic carbocycles. The third-order valence-electron chi connectivity index (χ3n) is 2.93. The molecule has 16 heavy (non-hydrogen) atoms. The summed E-state index contributed by atoms with van der Waals surface area (Å²) >= 11 is 0. The van der Waals surface area contributed by atoms with Crippen LogP contribution in [0.1, 0.15) is 71.6 Å². The lowest BCUT2D eigenvalue weighted by Crippen LogP contribution is -2.13. The van der Waals surface area contributed by atoms with E-state index in [0.717, 1.165) is 12.8 Å². The van der Waals surface area contributed by atoms with E-state index in [1.54, 1.807) is 0 Å². The number of Topliss-reactive ketones (excluding diaryl/α,β-unsaturated/α-hetero) is 1. The zero-order chi connectivity index (χ0) is 12.2. The van der Waals surface area contributed by atoms with Crippen molar-refractivity contribution in [3.05, 3.63) is 4.91 Å². The Bertz CT molecular complexity index is 192. The summed E-state index contributed by atoms with van der Waals surface area (Å²) in [5.74, 6) is -0.0991. The Hall–Kier alpha value is -0.730. The van der Waals surface area contributed by atoms with Crippen LogP contribution in [0.5, 0.6) is 0 Å². The SMILES string of the molecule is CCCCCCCCCCC(N=O)C(C)=O. The zero-order valence-electron chi connectivity index (χ0n) is 10.7. The minimum Gasteiger partial charge on any atom is -0.297 e. The Morgan fingerprint density at radius 1 is 1.00 bits per heavy atom. The maximum Gasteiger partial charge on any atom is 0.157 e. The van der Waals surface area contributed by atoms with Crippen molar-refractivity contribution in [1.82, 2.24) is 0 Å². The molecule has 0 fully saturated rings. The minimum atomic E-state index is -0.597. The fourth-order valence-electron chi connectivity index (χ4n) is 1.80. The molecule has 0 aromatic rings. The minimum absolute atomic E-state index is 0.0991. The molecule has 94 valence electrons. The van der Waals surface area contributed by atoms with Crippen molar-refractivity contribution in [1.29, 1.82) is 0 Å². The molecular formula is C13H25NO2. The van der Waals surface area contributed by atoms with E-state index in [9.17, 15) is 9.70 Å². The van der Waals surface area contributed by atoms with Gasteiger partial charge in [0, 0.05) is 0 Å². The number of ketones is 1. The molecule has 3 heteroatoms. The zero-order valence-corrected chi connectivity index (χ0v) is 10.7. The lowest BCUT2D eigenvalue weighted by Gasteiger charge is -2.04. The summed E-state index contributed by atoms with van der Waals surface area (Å²) in [6.07, 6.45) is 10.5. The van der Waals surface area contributed by atoms with Gasteiger partial charge in [0.2, 0.25) is 0 Å². The summed E-state index contributed by atoms with van der Waals surface area (Å²) < 4.78 is 0. The molecule has 0 radical (unpaired) electrons. The molecule has 0 rings (SSSR count). The van der Waals surface area contributed by atoms with E-state index in [4.69, 9.17) is 0 Å². The molecule has 0 saturated heterocycles. The summed E-state index contributed by atoms with van der Waals surface area (Å²) in [5.41, 5.74) is 0. The highest BCUT2D eigenvalue weighted by atomic mass is 16.3. The van der Waals surface area contributed by atoms with Crippen LogP contribution < -0.4 is 0 Å². The van der Waals surface area contributed by atoms with Gasteiger partial charge in [-0.1, -0.05) is 63.5 Å². The molecule has 0 saturated carbocycles. The van der Waals surface area contributed by atoms with Crippen molar-refractivity contribution in [2.75, 3.05) is 0 Å². The van der Waals surface area contributed by atoms with Crippen LogP contribution in [0.3, 0.4) is 0 Å². The number of rotatable bonds is 11. The van der Waals surface area contributed by atoms with Crippen LogP contribution in [0, 0.1) is 4.91 Å². The number of hydrogen-bond acceptors (Lipinski definition) is 3. The molecule has 3 nitrogen and oxygen atoms in total. The maximum absolute atomic E-state index is 10.9. The highest BCUT2D eigenvalue weighted by molar-refractivity contribution is 5.81. The molecular weight excluding hydrogens is 202 g/mol. The molecule has 0 bridgehead atoms. The van der Waals surface area contributed by atoms with Crippen LogP contribution in [-0.2, 0) is 4.79 Å². The highest BCUT2D eigenvalue weighted by Gasteiger charge is 2.12. The molecule has 0 aromatic heterocycles. The Kier molecular flexibility index (Phi) is 10.3. The molecule has 1 unspecified atom stereocenters. The average Bonchev–Trinajstić information content (AvgIpc) is 2.26. The number of nitroso groups, excluding NO2 is 1. The van der Waals surface area contributed by atoms with Gasteiger partial charge in [0.25, 0.3) is 0 Å². The lowest BCUT2D eigenvalue weighted by atomic mass is 10.0. The molecule has 0 aliphatic heterocycles. The average molecular weight is 227 g/mol. The Labute approximate surface area is 99.0 Å². The van der Waals surface area contributed by atoms with Gasteiger partial charge in [-0.3, -0.25) is 4.79 Å². The Morgan fingerprint density at radius 2 is 1.50 bits per heavy atom. The fraction of sp³-hybridized carbons (Fsp3) is 0.923. The van der Waals surface area contributed by atoms with Gasteiger partial charge in [-0.05, 0) is 13.3 Å². The van der Waals surface area contributed by atoms with Crippen molar-refractivity contribution in [2.24, 2.45) is 5.18 Å². The molecule has 0 spiro atoms. The van der Waals surface area contributed by atoms with Gasteiger partial charge in [0.05, 0.1) is 0 Å². The largest absolute Gasteiger partial charge is 0.297 e. The number of carbonyl (C=O) groups is 1. The van der Waals surface area contributed by atoms with Gasteiger partial charge in [0.1, 0.15) is 6.04 Å². The van der Waals surface area contributed by atoms with Crippen LogP contribution >= 0.6 is 0 Å². The van der Waals surface area contributed by atoms with E-state index in [1.807, 2.05) is 0 Å². The van der Waals surface area contributed by atoms with Crippen molar-refractivity contribution in [2.45, 2.75) is 77.7 Å². The van der Waals surface area contributed by atoms with Crippen molar-refractivity contribution in [3.63, 3.8) is 0 Å². The van der Waals surface area contributed by atoms with Gasteiger partial charge in [-0.2, -0.15) is 4.91 Å². The number of hydrogen-bond donors (Lipinski definition) is 0. The third kappa shape index (κ3) is 8.57. The Balaban J connectivity index is 3.26. The normalized spacial score (nSPS) is 12.4. The molecule has 1 atom stereocenters. The van der Waals surface area contributed by atoms with E-state index >= 15 is 0 Å². The standard InChI is InChI=1S/C13H25NO2/c1-3-4-5-6-7-8-9-10-11-13(14-16)12(2)15/h13H,3-11H2,1-2H3. The fourth-order valence-corrected chi connectivity index (χ4v) is 1.80. The third-order valence-corrected chi connectivity index (χ3v) is 2.93. The van der Waals surface area contributed by atoms with Gasteiger partial charge in [0.15, 0.2) is 5.78 Å². The van der Waals surface area contributed by atoms with Crippen molar-refractivity contribution in [3.8, 4) is 0 Å². The van der Waals surface area contributed by atoms with Gasteiger partial charge in [-0.15, -0.1) is 0 Å². The van der Waals surface area contributed by atoms with E-state index in [2.05, 4.69) is 12.1 Å². The van der Waals surface area contributed by atoms with E-state index < -0.39 is 6.04 Å². The van der Waals surface area contributed by atoms with Crippen LogP contribution in [0.4, 0.5) is 0 Å². The number of carbonyl (C=O) groups excluding carboxylic acids is 1. The molecule has 0 aliphatic rings. The second kappa shape index (κ2) is 10.8. The molecule has 0 N–H and O–H groups in total. The predicted molar refractivity (Wildman–Crippen MR) is 67.5 cm³/mol. The molecule has 0 aliphatic carbocycles. The van der Waals surface area contributed by atoms with E-state index in [1.165, 1.54) is 45.4 Å². The number of nitrogens with zero attached hydrogens (tertiary/aromatic N) is 1. The summed E-state index contributed by atoms with van der Waals surface area (Å²) in [5, 5.41) is 2.85. The Morgan fingerprint density at radius 3 is 1.94 bits per heavy atom. The van der Waals surface area contributed by atoms with Crippen LogP contribution in [0.25, 0.3) is 0 Å². The number of unbranched alkanes of at least 4 members (excludes halogenated alkanes) is 7. The first-order valence-electron chi connectivity index (χ1n) is 6.55. The van der Waals surface area contributed by atoms with Crippen LogP contribution in [0.15, 0.2) is 5.18 Å². The lowest BCUT2D eigenvalue weighted by molar-refractivity contribution is -0.118. The predicted octanol–water partition coefficient (Wildman–Crippen LogP) is 4.24. The van der Waals surface area contributed by atoms with E-state index in [-0.39, 0.29) is 5.78 Å². The maximum atomic E-state index is 10.9. The first-order chi connectivity index (χ1) is 7.72. The second-order valence-electron chi connectivity index (χ2n) is 4.50. The van der Waals surface area contributed by atoms with Crippen molar-refractivity contribution >= 4 is 5.78 Å². The van der Waals surface area contributed by atoms with Crippen LogP contribution in [-0.4, -0.2) is 11.8 Å². The smallest absolute Gasteiger partial charge is 0.157 e. The molecule has 0 heterocycles. The summed E-state index contributed by atoms with van der Waals surface area (Å²) in [6, 6.07) is -0.597. The summed E-state index contributed by atoms with van der Waals surface area (Å²) in [4.78, 5) is 21.2. The summed E-state index contributed by atoms with van der Waals surface area (Å²) in [7, 11) is 0. The first kappa shape index (κ1) is 15.3.